The van der Waals surface area contributed by atoms with Gasteiger partial charge in [-0.3, -0.25) is 9.69 Å². The number of nitrogens with zero attached hydrogens (tertiary/aromatic N) is 1. The van der Waals surface area contributed by atoms with Gasteiger partial charge in [-0.2, -0.15) is 0 Å². The third-order valence-corrected chi connectivity index (χ3v) is 3.39. The van der Waals surface area contributed by atoms with Crippen LogP contribution in [0.2, 0.25) is 0 Å². The van der Waals surface area contributed by atoms with Crippen LogP contribution < -0.4 is 5.32 Å². The molecule has 0 radical (unpaired) electrons. The monoisotopic (exact) mass is 242 g/mol. The van der Waals surface area contributed by atoms with Gasteiger partial charge in [0.1, 0.15) is 0 Å². The molecule has 1 heterocycles. The lowest BCUT2D eigenvalue weighted by Gasteiger charge is -2.44. The summed E-state index contributed by atoms with van der Waals surface area (Å²) in [6.45, 7) is 10.7. The second-order valence-electron chi connectivity index (χ2n) is 5.85. The van der Waals surface area contributed by atoms with Gasteiger partial charge < -0.3 is 10.1 Å². The normalized spacial score (nSPS) is 27.6. The molecule has 2 unspecified atom stereocenters. The predicted octanol–water partition coefficient (Wildman–Crippen LogP) is 1.40. The van der Waals surface area contributed by atoms with Crippen LogP contribution in [0.15, 0.2) is 0 Å². The van der Waals surface area contributed by atoms with Crippen LogP contribution >= 0.6 is 0 Å². The fourth-order valence-corrected chi connectivity index (χ4v) is 2.83. The van der Waals surface area contributed by atoms with Crippen molar-refractivity contribution >= 4 is 5.97 Å². The highest BCUT2D eigenvalue weighted by Gasteiger charge is 2.35. The van der Waals surface area contributed by atoms with E-state index in [9.17, 15) is 4.79 Å². The first-order valence-corrected chi connectivity index (χ1v) is 6.42. The van der Waals surface area contributed by atoms with Gasteiger partial charge in [0, 0.05) is 24.2 Å². The minimum absolute atomic E-state index is 0.0735. The number of rotatable bonds is 2. The minimum atomic E-state index is -0.125. The van der Waals surface area contributed by atoms with Crippen molar-refractivity contribution < 1.29 is 9.53 Å². The Morgan fingerprint density at radius 1 is 1.47 bits per heavy atom. The van der Waals surface area contributed by atoms with Crippen molar-refractivity contribution in [3.63, 3.8) is 0 Å². The van der Waals surface area contributed by atoms with E-state index in [1.807, 2.05) is 0 Å². The molecule has 0 aliphatic carbocycles. The highest BCUT2D eigenvalue weighted by Crippen LogP contribution is 2.25. The maximum Gasteiger partial charge on any atom is 0.307 e. The summed E-state index contributed by atoms with van der Waals surface area (Å²) in [6.07, 6.45) is 1.58. The molecule has 0 aromatic heterocycles. The van der Waals surface area contributed by atoms with Crippen molar-refractivity contribution in [2.75, 3.05) is 20.2 Å². The number of ether oxygens (including phenoxy) is 1. The van der Waals surface area contributed by atoms with Crippen LogP contribution in [0.4, 0.5) is 0 Å². The Labute approximate surface area is 105 Å². The van der Waals surface area contributed by atoms with E-state index in [2.05, 4.69) is 37.9 Å². The Morgan fingerprint density at radius 3 is 2.65 bits per heavy atom. The first-order valence-electron chi connectivity index (χ1n) is 6.42. The fourth-order valence-electron chi connectivity index (χ4n) is 2.83. The number of methoxy groups -OCH3 is 1. The average Bonchev–Trinajstić information content (AvgIpc) is 2.38. The molecule has 4 nitrogen and oxygen atoms in total. The van der Waals surface area contributed by atoms with E-state index in [1.165, 1.54) is 7.11 Å². The molecule has 2 atom stereocenters. The summed E-state index contributed by atoms with van der Waals surface area (Å²) in [5.74, 6) is -0.125. The SMILES string of the molecule is COC(=O)CC1CNCCC(C)N1C(C)(C)C. The summed E-state index contributed by atoms with van der Waals surface area (Å²) in [7, 11) is 1.46. The molecule has 0 saturated carbocycles. The molecular formula is C13H26N2O2. The molecule has 1 fully saturated rings. The molecule has 4 heteroatoms. The molecule has 1 aliphatic heterocycles. The van der Waals surface area contributed by atoms with E-state index in [0.717, 1.165) is 19.5 Å². The first-order chi connectivity index (χ1) is 7.86. The number of hydrogen-bond donors (Lipinski definition) is 1. The van der Waals surface area contributed by atoms with Crippen molar-refractivity contribution in [3.05, 3.63) is 0 Å². The Bertz CT molecular complexity index is 261. The molecule has 0 bridgehead atoms. The van der Waals surface area contributed by atoms with Crippen LogP contribution in [-0.2, 0) is 9.53 Å². The zero-order valence-electron chi connectivity index (χ0n) is 11.7. The van der Waals surface area contributed by atoms with Gasteiger partial charge in [0.15, 0.2) is 0 Å². The summed E-state index contributed by atoms with van der Waals surface area (Å²) in [6, 6.07) is 0.708. The summed E-state index contributed by atoms with van der Waals surface area (Å²) in [5, 5.41) is 3.41. The van der Waals surface area contributed by atoms with Gasteiger partial charge in [0.05, 0.1) is 13.5 Å². The van der Waals surface area contributed by atoms with E-state index < -0.39 is 0 Å². The van der Waals surface area contributed by atoms with Crippen molar-refractivity contribution in [3.8, 4) is 0 Å². The van der Waals surface area contributed by atoms with Gasteiger partial charge in [0.2, 0.25) is 0 Å². The van der Waals surface area contributed by atoms with Gasteiger partial charge in [0.25, 0.3) is 0 Å². The zero-order chi connectivity index (χ0) is 13.1. The Balaban J connectivity index is 2.83. The van der Waals surface area contributed by atoms with E-state index in [1.54, 1.807) is 0 Å². The number of carbonyl (C=O) groups excluding carboxylic acids is 1. The maximum atomic E-state index is 11.5. The van der Waals surface area contributed by atoms with Crippen LogP contribution in [0.5, 0.6) is 0 Å². The second-order valence-corrected chi connectivity index (χ2v) is 5.85. The van der Waals surface area contributed by atoms with Crippen LogP contribution in [0.1, 0.15) is 40.5 Å². The summed E-state index contributed by atoms with van der Waals surface area (Å²) >= 11 is 0. The van der Waals surface area contributed by atoms with Crippen LogP contribution in [-0.4, -0.2) is 48.7 Å². The van der Waals surface area contributed by atoms with Crippen molar-refractivity contribution in [1.82, 2.24) is 10.2 Å². The standard InChI is InChI=1S/C13H26N2O2/c1-10-6-7-14-9-11(8-12(16)17-5)15(10)13(2,3)4/h10-11,14H,6-9H2,1-5H3. The van der Waals surface area contributed by atoms with E-state index in [0.29, 0.717) is 12.5 Å². The molecular weight excluding hydrogens is 216 g/mol. The summed E-state index contributed by atoms with van der Waals surface area (Å²) < 4.78 is 4.80. The molecule has 1 saturated heterocycles. The van der Waals surface area contributed by atoms with Gasteiger partial charge in [-0.05, 0) is 40.7 Å². The summed E-state index contributed by atoms with van der Waals surface area (Å²) in [5.41, 5.74) is 0.0735. The quantitative estimate of drug-likeness (QED) is 0.743. The smallest absolute Gasteiger partial charge is 0.307 e. The minimum Gasteiger partial charge on any atom is -0.469 e. The van der Waals surface area contributed by atoms with Gasteiger partial charge in [-0.25, -0.2) is 0 Å². The molecule has 100 valence electrons. The lowest BCUT2D eigenvalue weighted by atomic mass is 9.97. The van der Waals surface area contributed by atoms with Crippen LogP contribution in [0.25, 0.3) is 0 Å². The third kappa shape index (κ3) is 3.96. The third-order valence-electron chi connectivity index (χ3n) is 3.39. The van der Waals surface area contributed by atoms with E-state index in [4.69, 9.17) is 4.74 Å². The first kappa shape index (κ1) is 14.5. The maximum absolute atomic E-state index is 11.5. The number of hydrogen-bond acceptors (Lipinski definition) is 4. The van der Waals surface area contributed by atoms with Crippen molar-refractivity contribution in [2.24, 2.45) is 0 Å². The van der Waals surface area contributed by atoms with E-state index >= 15 is 0 Å². The zero-order valence-corrected chi connectivity index (χ0v) is 11.7. The van der Waals surface area contributed by atoms with Gasteiger partial charge in [-0.1, -0.05) is 0 Å². The molecule has 1 rings (SSSR count). The van der Waals surface area contributed by atoms with Crippen LogP contribution in [0, 0.1) is 0 Å². The molecule has 17 heavy (non-hydrogen) atoms. The largest absolute Gasteiger partial charge is 0.469 e. The number of carbonyl (C=O) groups is 1. The number of esters is 1. The predicted molar refractivity (Wildman–Crippen MR) is 69.0 cm³/mol. The number of nitrogens with one attached hydrogen (secondary N) is 1. The fraction of sp³-hybridized carbons (Fsp3) is 0.923. The molecule has 0 aromatic rings. The Hall–Kier alpha value is -0.610. The Morgan fingerprint density at radius 2 is 2.12 bits per heavy atom. The molecule has 0 aromatic carbocycles. The average molecular weight is 242 g/mol. The molecule has 1 aliphatic rings. The highest BCUT2D eigenvalue weighted by atomic mass is 16.5. The van der Waals surface area contributed by atoms with E-state index in [-0.39, 0.29) is 17.6 Å². The summed E-state index contributed by atoms with van der Waals surface area (Å²) in [4.78, 5) is 13.9. The van der Waals surface area contributed by atoms with Crippen LogP contribution in [0.3, 0.4) is 0 Å². The second kappa shape index (κ2) is 5.83. The molecule has 1 N–H and O–H groups in total. The highest BCUT2D eigenvalue weighted by molar-refractivity contribution is 5.70. The van der Waals surface area contributed by atoms with Gasteiger partial charge >= 0.3 is 5.97 Å². The Kier molecular flexibility index (Phi) is 4.95. The van der Waals surface area contributed by atoms with Crippen molar-refractivity contribution in [2.45, 2.75) is 58.2 Å². The lowest BCUT2D eigenvalue weighted by molar-refractivity contribution is -0.142. The molecule has 0 amide bonds. The molecule has 0 spiro atoms. The van der Waals surface area contributed by atoms with Gasteiger partial charge in [-0.15, -0.1) is 0 Å². The topological polar surface area (TPSA) is 41.6 Å². The lowest BCUT2D eigenvalue weighted by Crippen LogP contribution is -2.54. The van der Waals surface area contributed by atoms with Crippen molar-refractivity contribution in [1.29, 1.82) is 0 Å².